The van der Waals surface area contributed by atoms with Gasteiger partial charge in [-0.1, -0.05) is 27.7 Å². The maximum absolute atomic E-state index is 14.2. The van der Waals surface area contributed by atoms with Crippen molar-refractivity contribution < 1.29 is 19.5 Å². The standard InChI is InChI=1S/C38H50N4O4/c1-11-21(7)37(45)39-29-17-31-25(13-23(9)41(31)19(3)4)15-27(29)33-35(43)34(36(33)44)28-16-26-14-24(10)42(20(5)6)32(26)18-30(28)40-38(46)22(8)12-2/h15-24,43H,11-14H2,1-10H3,(H,39,45)/b34-28-,40-30?. The molecule has 1 aromatic rings. The van der Waals surface area contributed by atoms with E-state index in [0.29, 0.717) is 35.4 Å². The van der Waals surface area contributed by atoms with Crippen molar-refractivity contribution in [3.63, 3.8) is 0 Å². The molecule has 4 aliphatic rings. The van der Waals surface area contributed by atoms with Gasteiger partial charge in [-0.2, -0.15) is 0 Å². The van der Waals surface area contributed by atoms with E-state index in [9.17, 15) is 19.5 Å². The van der Waals surface area contributed by atoms with Crippen LogP contribution in [0.4, 0.5) is 11.4 Å². The van der Waals surface area contributed by atoms with Crippen LogP contribution in [0.5, 0.6) is 0 Å². The Morgan fingerprint density at radius 1 is 0.913 bits per heavy atom. The van der Waals surface area contributed by atoms with Crippen LogP contribution >= 0.6 is 0 Å². The van der Waals surface area contributed by atoms with Crippen molar-refractivity contribution in [3.05, 3.63) is 63.6 Å². The highest BCUT2D eigenvalue weighted by Crippen LogP contribution is 2.47. The lowest BCUT2D eigenvalue weighted by Gasteiger charge is -2.32. The van der Waals surface area contributed by atoms with Crippen molar-refractivity contribution in [3.8, 4) is 0 Å². The number of benzene rings is 1. The summed E-state index contributed by atoms with van der Waals surface area (Å²) in [7, 11) is 0. The molecule has 8 nitrogen and oxygen atoms in total. The van der Waals surface area contributed by atoms with Crippen LogP contribution in [0.3, 0.4) is 0 Å². The lowest BCUT2D eigenvalue weighted by atomic mass is 9.77. The van der Waals surface area contributed by atoms with E-state index in [2.05, 4.69) is 61.7 Å². The van der Waals surface area contributed by atoms with Gasteiger partial charge >= 0.3 is 0 Å². The molecular weight excluding hydrogens is 576 g/mol. The Balaban J connectivity index is 1.68. The second kappa shape index (κ2) is 12.7. The number of amides is 2. The summed E-state index contributed by atoms with van der Waals surface area (Å²) in [5, 5.41) is 14.8. The van der Waals surface area contributed by atoms with Crippen molar-refractivity contribution in [2.45, 2.75) is 119 Å². The zero-order valence-corrected chi connectivity index (χ0v) is 29.1. The first-order valence-electron chi connectivity index (χ1n) is 17.0. The zero-order valence-electron chi connectivity index (χ0n) is 29.1. The van der Waals surface area contributed by atoms with Gasteiger partial charge in [0.25, 0.3) is 0 Å². The summed E-state index contributed by atoms with van der Waals surface area (Å²) in [6.45, 7) is 20.6. The molecule has 1 fully saturated rings. The lowest BCUT2D eigenvalue weighted by Crippen LogP contribution is -2.35. The Bertz CT molecular complexity index is 1640. The molecule has 1 saturated heterocycles. The monoisotopic (exact) mass is 626 g/mol. The highest BCUT2D eigenvalue weighted by atomic mass is 16.3. The number of aliphatic hydroxyl groups excluding tert-OH is 1. The van der Waals surface area contributed by atoms with E-state index in [1.165, 1.54) is 0 Å². The molecule has 46 heavy (non-hydrogen) atoms. The van der Waals surface area contributed by atoms with E-state index in [1.54, 1.807) is 0 Å². The van der Waals surface area contributed by atoms with Crippen LogP contribution in [-0.4, -0.2) is 57.5 Å². The van der Waals surface area contributed by atoms with Crippen molar-refractivity contribution in [2.24, 2.45) is 16.8 Å². The summed E-state index contributed by atoms with van der Waals surface area (Å²) in [6.07, 6.45) is 6.77. The number of allylic oxidation sites excluding steroid dienone is 6. The van der Waals surface area contributed by atoms with Crippen molar-refractivity contribution >= 4 is 40.3 Å². The molecule has 4 unspecified atom stereocenters. The summed E-state index contributed by atoms with van der Waals surface area (Å²) in [4.78, 5) is 49.6. The van der Waals surface area contributed by atoms with Crippen molar-refractivity contribution in [1.82, 2.24) is 4.90 Å². The zero-order chi connectivity index (χ0) is 33.8. The van der Waals surface area contributed by atoms with E-state index in [-0.39, 0.29) is 70.5 Å². The fourth-order valence-electron chi connectivity index (χ4n) is 7.30. The number of Topliss-reactive ketones (excluding diaryl/α,β-unsaturated/α-hetero) is 1. The first kappa shape index (κ1) is 33.4. The molecule has 0 bridgehead atoms. The van der Waals surface area contributed by atoms with E-state index in [0.717, 1.165) is 35.4 Å². The second-order valence-electron chi connectivity index (χ2n) is 14.1. The van der Waals surface area contributed by atoms with Gasteiger partial charge in [0.2, 0.25) is 17.6 Å². The van der Waals surface area contributed by atoms with Crippen LogP contribution in [0.1, 0.15) is 99.6 Å². The number of likely N-dealkylation sites (tertiary alicyclic amines) is 1. The molecule has 8 heteroatoms. The van der Waals surface area contributed by atoms with Gasteiger partial charge in [0.15, 0.2) is 0 Å². The maximum Gasteiger partial charge on any atom is 0.249 e. The maximum atomic E-state index is 14.2. The molecule has 4 atom stereocenters. The second-order valence-corrected chi connectivity index (χ2v) is 14.1. The van der Waals surface area contributed by atoms with Crippen LogP contribution in [-0.2, 0) is 20.8 Å². The van der Waals surface area contributed by atoms with Gasteiger partial charge in [0.05, 0.1) is 22.5 Å². The third kappa shape index (κ3) is 5.64. The van der Waals surface area contributed by atoms with Gasteiger partial charge < -0.3 is 20.2 Å². The number of fused-ring (bicyclic) bond motifs is 2. The molecule has 2 aliphatic carbocycles. The molecule has 0 saturated carbocycles. The predicted molar refractivity (Wildman–Crippen MR) is 186 cm³/mol. The Morgan fingerprint density at radius 2 is 1.54 bits per heavy atom. The van der Waals surface area contributed by atoms with Gasteiger partial charge in [-0.15, -0.1) is 0 Å². The van der Waals surface area contributed by atoms with Crippen LogP contribution in [0.2, 0.25) is 0 Å². The van der Waals surface area contributed by atoms with Crippen LogP contribution in [0.25, 0.3) is 5.57 Å². The number of hydrogen-bond acceptors (Lipinski definition) is 6. The van der Waals surface area contributed by atoms with E-state index < -0.39 is 0 Å². The predicted octanol–water partition coefficient (Wildman–Crippen LogP) is 7.32. The minimum atomic E-state index is -0.317. The topological polar surface area (TPSA) is 102 Å². The summed E-state index contributed by atoms with van der Waals surface area (Å²) in [5.41, 5.74) is 6.46. The third-order valence-electron chi connectivity index (χ3n) is 10.1. The minimum absolute atomic E-state index is 0.130. The first-order chi connectivity index (χ1) is 21.7. The molecule has 0 radical (unpaired) electrons. The van der Waals surface area contributed by atoms with Crippen molar-refractivity contribution in [1.29, 1.82) is 0 Å². The third-order valence-corrected chi connectivity index (χ3v) is 10.1. The van der Waals surface area contributed by atoms with Gasteiger partial charge in [-0.3, -0.25) is 14.4 Å². The molecular formula is C38H50N4O4. The summed E-state index contributed by atoms with van der Waals surface area (Å²) >= 11 is 0. The van der Waals surface area contributed by atoms with Gasteiger partial charge in [0, 0.05) is 58.5 Å². The Kier molecular flexibility index (Phi) is 9.22. The largest absolute Gasteiger partial charge is 0.506 e. The molecule has 2 aliphatic heterocycles. The SMILES string of the molecule is CCC(C)C(=O)N=C1C=C2C(=C/C1=C1/C(=O)C(c3cc4c(cc3NC(=O)C(C)CC)N(C(C)C)C(C)C4)=C1O)CC(C)N2C(C)C. The Hall–Kier alpha value is -3.94. The Morgan fingerprint density at radius 3 is 2.13 bits per heavy atom. The average Bonchev–Trinajstić information content (AvgIpc) is 3.50. The number of rotatable bonds is 8. The molecule has 5 rings (SSSR count). The quantitative estimate of drug-likeness (QED) is 0.293. The highest BCUT2D eigenvalue weighted by Gasteiger charge is 2.42. The number of carbonyl (C=O) groups excluding carboxylic acids is 3. The summed E-state index contributed by atoms with van der Waals surface area (Å²) in [5.74, 6) is -1.31. The normalized spacial score (nSPS) is 24.7. The van der Waals surface area contributed by atoms with E-state index >= 15 is 0 Å². The molecule has 2 amide bonds. The lowest BCUT2D eigenvalue weighted by molar-refractivity contribution is -0.121. The van der Waals surface area contributed by atoms with Crippen LogP contribution in [0, 0.1) is 11.8 Å². The molecule has 2 heterocycles. The number of aliphatic imine (C=N–C) groups is 1. The molecule has 2 N–H and O–H groups in total. The van der Waals surface area contributed by atoms with E-state index in [1.807, 2.05) is 52.0 Å². The van der Waals surface area contributed by atoms with E-state index in [4.69, 9.17) is 0 Å². The fraction of sp³-hybridized carbons (Fsp3) is 0.526. The average molecular weight is 627 g/mol. The number of aliphatic hydroxyl groups is 1. The number of anilines is 2. The molecule has 0 aromatic heterocycles. The fourth-order valence-corrected chi connectivity index (χ4v) is 7.30. The number of nitrogens with zero attached hydrogens (tertiary/aromatic N) is 3. The molecule has 0 spiro atoms. The molecule has 246 valence electrons. The number of hydrogen-bond donors (Lipinski definition) is 2. The van der Waals surface area contributed by atoms with Crippen molar-refractivity contribution in [2.75, 3.05) is 10.2 Å². The minimum Gasteiger partial charge on any atom is -0.506 e. The van der Waals surface area contributed by atoms with Gasteiger partial charge in [-0.05, 0) is 103 Å². The van der Waals surface area contributed by atoms with Crippen LogP contribution < -0.4 is 10.2 Å². The molecule has 1 aromatic carbocycles. The number of carbonyl (C=O) groups is 3. The summed E-state index contributed by atoms with van der Waals surface area (Å²) < 4.78 is 0. The first-order valence-corrected chi connectivity index (χ1v) is 17.0. The van der Waals surface area contributed by atoms with Gasteiger partial charge in [0.1, 0.15) is 5.76 Å². The highest BCUT2D eigenvalue weighted by molar-refractivity contribution is 6.42. The number of ketones is 1. The summed E-state index contributed by atoms with van der Waals surface area (Å²) in [6, 6.07) is 4.94. The van der Waals surface area contributed by atoms with Gasteiger partial charge in [-0.25, -0.2) is 4.99 Å². The smallest absolute Gasteiger partial charge is 0.249 e. The Labute approximate surface area is 274 Å². The van der Waals surface area contributed by atoms with Crippen LogP contribution in [0.15, 0.2) is 57.5 Å². The number of nitrogens with one attached hydrogen (secondary N) is 1.